The number of nitrogens with two attached hydrogens (primary N) is 1. The second-order valence-corrected chi connectivity index (χ2v) is 8.73. The number of nitrogens with zero attached hydrogens (tertiary/aromatic N) is 3. The van der Waals surface area contributed by atoms with Gasteiger partial charge in [-0.1, -0.05) is 0 Å². The van der Waals surface area contributed by atoms with E-state index in [9.17, 15) is 19.7 Å². The van der Waals surface area contributed by atoms with Gasteiger partial charge in [-0.15, -0.1) is 0 Å². The summed E-state index contributed by atoms with van der Waals surface area (Å²) in [5.41, 5.74) is 5.43. The summed E-state index contributed by atoms with van der Waals surface area (Å²) in [5.74, 6) is -0.0360. The lowest BCUT2D eigenvalue weighted by Crippen LogP contribution is -2.55. The molecule has 3 rings (SSSR count). The summed E-state index contributed by atoms with van der Waals surface area (Å²) >= 11 is 0. The third kappa shape index (κ3) is 6.35. The van der Waals surface area contributed by atoms with Gasteiger partial charge < -0.3 is 30.3 Å². The third-order valence-corrected chi connectivity index (χ3v) is 6.46. The first-order valence-corrected chi connectivity index (χ1v) is 11.9. The van der Waals surface area contributed by atoms with Crippen LogP contribution in [0.1, 0.15) is 49.4 Å². The third-order valence-electron chi connectivity index (χ3n) is 6.46. The van der Waals surface area contributed by atoms with E-state index in [2.05, 4.69) is 10.2 Å². The van der Waals surface area contributed by atoms with Gasteiger partial charge in [-0.3, -0.25) is 19.7 Å². The Kier molecular flexibility index (Phi) is 9.05. The normalized spacial score (nSPS) is 20.8. The molecule has 11 heteroatoms. The first-order valence-electron chi connectivity index (χ1n) is 11.9. The lowest BCUT2D eigenvalue weighted by atomic mass is 10.00. The van der Waals surface area contributed by atoms with Crippen molar-refractivity contribution in [2.24, 2.45) is 0 Å². The second kappa shape index (κ2) is 12.0. The molecule has 0 aromatic heterocycles. The van der Waals surface area contributed by atoms with Crippen LogP contribution in [0.25, 0.3) is 0 Å². The van der Waals surface area contributed by atoms with Crippen molar-refractivity contribution in [1.82, 2.24) is 15.1 Å². The summed E-state index contributed by atoms with van der Waals surface area (Å²) in [7, 11) is 1.60. The molecule has 2 aliphatic rings. The van der Waals surface area contributed by atoms with Crippen molar-refractivity contribution in [2.75, 3.05) is 52.2 Å². The first-order chi connectivity index (χ1) is 16.3. The van der Waals surface area contributed by atoms with E-state index in [1.54, 1.807) is 14.0 Å². The van der Waals surface area contributed by atoms with Crippen LogP contribution in [0.3, 0.4) is 0 Å². The lowest BCUT2D eigenvalue weighted by Gasteiger charge is -2.38. The molecule has 2 amide bonds. The van der Waals surface area contributed by atoms with Crippen LogP contribution in [0.15, 0.2) is 12.1 Å². The van der Waals surface area contributed by atoms with Crippen molar-refractivity contribution in [1.29, 1.82) is 0 Å². The highest BCUT2D eigenvalue weighted by Crippen LogP contribution is 2.31. The maximum atomic E-state index is 13.0. The fraction of sp³-hybridized carbons (Fsp3) is 0.652. The van der Waals surface area contributed by atoms with Crippen LogP contribution in [0.4, 0.5) is 11.4 Å². The molecule has 2 saturated heterocycles. The number of amides is 2. The lowest BCUT2D eigenvalue weighted by molar-refractivity contribution is -0.383. The van der Waals surface area contributed by atoms with Crippen LogP contribution in [-0.4, -0.2) is 85.1 Å². The summed E-state index contributed by atoms with van der Waals surface area (Å²) in [6, 6.07) is 2.21. The van der Waals surface area contributed by atoms with Gasteiger partial charge in [0, 0.05) is 51.8 Å². The van der Waals surface area contributed by atoms with Crippen molar-refractivity contribution in [3.05, 3.63) is 27.8 Å². The molecule has 0 spiro atoms. The highest BCUT2D eigenvalue weighted by atomic mass is 16.6. The van der Waals surface area contributed by atoms with Gasteiger partial charge in [0.25, 0.3) is 11.6 Å². The Labute approximate surface area is 199 Å². The Morgan fingerprint density at radius 2 is 2.00 bits per heavy atom. The van der Waals surface area contributed by atoms with E-state index < -0.39 is 10.8 Å². The van der Waals surface area contributed by atoms with Gasteiger partial charge in [-0.05, 0) is 39.2 Å². The van der Waals surface area contributed by atoms with Crippen LogP contribution in [0, 0.1) is 10.1 Å². The predicted octanol–water partition coefficient (Wildman–Crippen LogP) is 1.80. The number of benzene rings is 1. The predicted molar refractivity (Wildman–Crippen MR) is 127 cm³/mol. The van der Waals surface area contributed by atoms with Crippen LogP contribution >= 0.6 is 0 Å². The Bertz CT molecular complexity index is 889. The molecular formula is C23H35N5O6. The molecule has 1 aromatic carbocycles. The van der Waals surface area contributed by atoms with Gasteiger partial charge in [0.2, 0.25) is 5.91 Å². The SMILES string of the molecule is CCOc1cc(N)c([N+](=O)[O-])cc1C(=O)NC1CCN(CCCC(=O)N2CCCC2)CC1OC. The average molecular weight is 478 g/mol. The quantitative estimate of drug-likeness (QED) is 0.295. The number of rotatable bonds is 10. The van der Waals surface area contributed by atoms with Crippen LogP contribution in [-0.2, 0) is 9.53 Å². The topological polar surface area (TPSA) is 140 Å². The van der Waals surface area contributed by atoms with Gasteiger partial charge in [0.05, 0.1) is 29.2 Å². The maximum absolute atomic E-state index is 13.0. The Morgan fingerprint density at radius 3 is 2.65 bits per heavy atom. The maximum Gasteiger partial charge on any atom is 0.293 e. The van der Waals surface area contributed by atoms with Gasteiger partial charge in [0.15, 0.2) is 0 Å². The number of methoxy groups -OCH3 is 1. The molecule has 0 radical (unpaired) electrons. The number of carbonyl (C=O) groups is 2. The summed E-state index contributed by atoms with van der Waals surface area (Å²) in [5, 5.41) is 14.3. The molecule has 11 nitrogen and oxygen atoms in total. The molecule has 2 fully saturated rings. The first kappa shape index (κ1) is 25.7. The molecule has 188 valence electrons. The number of likely N-dealkylation sites (tertiary alicyclic amines) is 2. The number of anilines is 1. The number of piperidine rings is 1. The Morgan fingerprint density at radius 1 is 1.26 bits per heavy atom. The van der Waals surface area contributed by atoms with Crippen molar-refractivity contribution < 1.29 is 24.0 Å². The number of ether oxygens (including phenoxy) is 2. The monoisotopic (exact) mass is 477 g/mol. The van der Waals surface area contributed by atoms with Gasteiger partial charge >= 0.3 is 0 Å². The van der Waals surface area contributed by atoms with E-state index in [4.69, 9.17) is 15.2 Å². The molecular weight excluding hydrogens is 442 g/mol. The zero-order chi connectivity index (χ0) is 24.7. The van der Waals surface area contributed by atoms with Crippen LogP contribution in [0.2, 0.25) is 0 Å². The average Bonchev–Trinajstić information content (AvgIpc) is 3.35. The van der Waals surface area contributed by atoms with E-state index in [1.165, 1.54) is 6.07 Å². The molecule has 2 unspecified atom stereocenters. The summed E-state index contributed by atoms with van der Waals surface area (Å²) < 4.78 is 11.1. The van der Waals surface area contributed by atoms with Crippen LogP contribution in [0.5, 0.6) is 5.75 Å². The number of hydrogen-bond acceptors (Lipinski definition) is 8. The van der Waals surface area contributed by atoms with E-state index in [-0.39, 0.29) is 47.3 Å². The minimum atomic E-state index is -0.618. The molecule has 34 heavy (non-hydrogen) atoms. The molecule has 0 bridgehead atoms. The molecule has 2 heterocycles. The Hall–Kier alpha value is -2.92. The highest BCUT2D eigenvalue weighted by Gasteiger charge is 2.32. The number of nitro groups is 1. The van der Waals surface area contributed by atoms with Crippen molar-refractivity contribution in [3.8, 4) is 5.75 Å². The largest absolute Gasteiger partial charge is 0.493 e. The van der Waals surface area contributed by atoms with Gasteiger partial charge in [-0.25, -0.2) is 0 Å². The molecule has 2 aliphatic heterocycles. The molecule has 1 aromatic rings. The number of hydrogen-bond donors (Lipinski definition) is 2. The minimum absolute atomic E-state index is 0.0590. The standard InChI is InChI=1S/C23H35N5O6/c1-3-34-20-14-17(24)19(28(31)32)13-16(20)23(30)25-18-8-12-26(15-21(18)33-2)9-6-7-22(29)27-10-4-5-11-27/h13-14,18,21H,3-12,15,24H2,1-2H3,(H,25,30). The molecule has 3 N–H and O–H groups in total. The Balaban J connectivity index is 1.57. The number of nitro benzene ring substituents is 1. The summed E-state index contributed by atoms with van der Waals surface area (Å²) in [4.78, 5) is 40.2. The molecule has 0 saturated carbocycles. The summed E-state index contributed by atoms with van der Waals surface area (Å²) in [6.07, 6.45) is 3.93. The van der Waals surface area contributed by atoms with Crippen molar-refractivity contribution in [3.63, 3.8) is 0 Å². The van der Waals surface area contributed by atoms with E-state index in [0.29, 0.717) is 19.4 Å². The number of nitrogens with one attached hydrogen (secondary N) is 1. The fourth-order valence-electron chi connectivity index (χ4n) is 4.61. The molecule has 2 atom stereocenters. The zero-order valence-electron chi connectivity index (χ0n) is 20.0. The van der Waals surface area contributed by atoms with E-state index >= 15 is 0 Å². The molecule has 0 aliphatic carbocycles. The van der Waals surface area contributed by atoms with Gasteiger partial charge in [0.1, 0.15) is 11.4 Å². The van der Waals surface area contributed by atoms with Gasteiger partial charge in [-0.2, -0.15) is 0 Å². The summed E-state index contributed by atoms with van der Waals surface area (Å²) in [6.45, 7) is 5.96. The zero-order valence-corrected chi connectivity index (χ0v) is 20.0. The van der Waals surface area contributed by atoms with E-state index in [0.717, 1.165) is 51.5 Å². The van der Waals surface area contributed by atoms with E-state index in [1.807, 2.05) is 4.90 Å². The minimum Gasteiger partial charge on any atom is -0.493 e. The highest BCUT2D eigenvalue weighted by molar-refractivity contribution is 5.98. The second-order valence-electron chi connectivity index (χ2n) is 8.73. The van der Waals surface area contributed by atoms with Crippen LogP contribution < -0.4 is 15.8 Å². The fourth-order valence-corrected chi connectivity index (χ4v) is 4.61. The van der Waals surface area contributed by atoms with Crippen molar-refractivity contribution in [2.45, 2.75) is 51.2 Å². The van der Waals surface area contributed by atoms with Crippen molar-refractivity contribution >= 4 is 23.2 Å². The number of nitrogen functional groups attached to an aromatic ring is 1. The smallest absolute Gasteiger partial charge is 0.293 e. The number of carbonyl (C=O) groups excluding carboxylic acids is 2.